The Morgan fingerprint density at radius 2 is 1.60 bits per heavy atom. The van der Waals surface area contributed by atoms with Gasteiger partial charge < -0.3 is 5.73 Å². The largest absolute Gasteiger partial charge is 0.383 e. The second-order valence-corrected chi connectivity index (χ2v) is 5.09. The summed E-state index contributed by atoms with van der Waals surface area (Å²) in [5, 5.41) is 0. The van der Waals surface area contributed by atoms with Crippen LogP contribution in [0.2, 0.25) is 0 Å². The van der Waals surface area contributed by atoms with Crippen LogP contribution < -0.4 is 5.73 Å². The topological polar surface area (TPSA) is 64.7 Å². The van der Waals surface area contributed by atoms with Gasteiger partial charge in [0, 0.05) is 41.5 Å². The third kappa shape index (κ3) is 2.40. The number of hydrogen-bond acceptors (Lipinski definition) is 4. The lowest BCUT2D eigenvalue weighted by Gasteiger charge is -2.11. The Kier molecular flexibility index (Phi) is 3.43. The van der Waals surface area contributed by atoms with Crippen molar-refractivity contribution in [2.75, 3.05) is 5.73 Å². The molecule has 0 amide bonds. The van der Waals surface area contributed by atoms with Gasteiger partial charge in [-0.2, -0.15) is 0 Å². The van der Waals surface area contributed by atoms with Gasteiger partial charge in [-0.05, 0) is 40.2 Å². The Labute approximate surface area is 124 Å². The van der Waals surface area contributed by atoms with Crippen molar-refractivity contribution in [3.8, 4) is 22.4 Å². The molecule has 3 aromatic heterocycles. The second-order valence-electron chi connectivity index (χ2n) is 4.24. The van der Waals surface area contributed by atoms with E-state index in [4.69, 9.17) is 5.73 Å². The molecule has 20 heavy (non-hydrogen) atoms. The number of hydrogen-bond donors (Lipinski definition) is 1. The van der Waals surface area contributed by atoms with Crippen molar-refractivity contribution < 1.29 is 0 Å². The zero-order chi connectivity index (χ0) is 13.9. The van der Waals surface area contributed by atoms with Crippen molar-refractivity contribution in [3.05, 3.63) is 59.6 Å². The number of nitrogens with two attached hydrogens (primary N) is 1. The van der Waals surface area contributed by atoms with Gasteiger partial charge in [-0.1, -0.05) is 6.07 Å². The van der Waals surface area contributed by atoms with Crippen molar-refractivity contribution in [3.63, 3.8) is 0 Å². The highest BCUT2D eigenvalue weighted by Gasteiger charge is 2.12. The third-order valence-corrected chi connectivity index (χ3v) is 3.55. The fourth-order valence-corrected chi connectivity index (χ4v) is 2.29. The van der Waals surface area contributed by atoms with E-state index in [9.17, 15) is 0 Å². The quantitative estimate of drug-likeness (QED) is 0.782. The van der Waals surface area contributed by atoms with E-state index in [1.54, 1.807) is 24.8 Å². The number of halogens is 1. The van der Waals surface area contributed by atoms with Gasteiger partial charge in [0.1, 0.15) is 5.82 Å². The highest BCUT2D eigenvalue weighted by atomic mass is 79.9. The average Bonchev–Trinajstić information content (AvgIpc) is 2.51. The number of nitrogens with zero attached hydrogens (tertiary/aromatic N) is 3. The summed E-state index contributed by atoms with van der Waals surface area (Å²) < 4.78 is 0.768. The van der Waals surface area contributed by atoms with Crippen molar-refractivity contribution in [1.82, 2.24) is 15.0 Å². The number of aromatic nitrogens is 3. The van der Waals surface area contributed by atoms with Gasteiger partial charge in [0.15, 0.2) is 0 Å². The van der Waals surface area contributed by atoms with Crippen molar-refractivity contribution in [1.29, 1.82) is 0 Å². The van der Waals surface area contributed by atoms with Gasteiger partial charge in [0.2, 0.25) is 0 Å². The van der Waals surface area contributed by atoms with Gasteiger partial charge in [-0.15, -0.1) is 0 Å². The summed E-state index contributed by atoms with van der Waals surface area (Å²) in [6.45, 7) is 0. The molecule has 3 rings (SSSR count). The molecular formula is C15H11BrN4. The molecule has 5 heteroatoms. The molecule has 0 atom stereocenters. The Bertz CT molecular complexity index is 665. The van der Waals surface area contributed by atoms with Gasteiger partial charge in [-0.25, -0.2) is 4.98 Å². The lowest BCUT2D eigenvalue weighted by molar-refractivity contribution is 1.27. The number of nitrogen functional groups attached to an aromatic ring is 1. The van der Waals surface area contributed by atoms with Crippen LogP contribution in [0.25, 0.3) is 22.4 Å². The van der Waals surface area contributed by atoms with E-state index in [0.717, 1.165) is 26.9 Å². The first-order chi connectivity index (χ1) is 9.75. The van der Waals surface area contributed by atoms with Crippen LogP contribution in [0, 0.1) is 0 Å². The summed E-state index contributed by atoms with van der Waals surface area (Å²) in [6.07, 6.45) is 7.05. The van der Waals surface area contributed by atoms with E-state index < -0.39 is 0 Å². The molecule has 0 aliphatic carbocycles. The maximum atomic E-state index is 5.91. The molecule has 0 saturated heterocycles. The SMILES string of the molecule is Nc1nc(-c2cccnc2)c(-c2cccnc2)cc1Br. The zero-order valence-corrected chi connectivity index (χ0v) is 12.1. The summed E-state index contributed by atoms with van der Waals surface area (Å²) in [5.74, 6) is 0.455. The molecule has 0 spiro atoms. The van der Waals surface area contributed by atoms with E-state index >= 15 is 0 Å². The third-order valence-electron chi connectivity index (χ3n) is 2.91. The minimum Gasteiger partial charge on any atom is -0.383 e. The normalized spacial score (nSPS) is 10.4. The van der Waals surface area contributed by atoms with Crippen molar-refractivity contribution in [2.45, 2.75) is 0 Å². The molecule has 0 aliphatic heterocycles. The molecule has 98 valence electrons. The van der Waals surface area contributed by atoms with E-state index in [2.05, 4.69) is 30.9 Å². The molecule has 0 aliphatic rings. The summed E-state index contributed by atoms with van der Waals surface area (Å²) in [4.78, 5) is 12.8. The smallest absolute Gasteiger partial charge is 0.138 e. The van der Waals surface area contributed by atoms with Crippen molar-refractivity contribution >= 4 is 21.7 Å². The van der Waals surface area contributed by atoms with Crippen LogP contribution in [0.15, 0.2) is 59.6 Å². The maximum absolute atomic E-state index is 5.91. The van der Waals surface area contributed by atoms with E-state index in [0.29, 0.717) is 5.82 Å². The number of pyridine rings is 3. The predicted octanol–water partition coefficient (Wildman–Crippen LogP) is 3.55. The summed E-state index contributed by atoms with van der Waals surface area (Å²) in [5.41, 5.74) is 9.58. The zero-order valence-electron chi connectivity index (χ0n) is 10.5. The highest BCUT2D eigenvalue weighted by Crippen LogP contribution is 2.34. The van der Waals surface area contributed by atoms with E-state index in [1.807, 2.05) is 30.3 Å². The lowest BCUT2D eigenvalue weighted by atomic mass is 10.0. The molecule has 0 fully saturated rings. The minimum atomic E-state index is 0.455. The molecule has 3 heterocycles. The predicted molar refractivity (Wildman–Crippen MR) is 82.8 cm³/mol. The molecule has 0 unspecified atom stereocenters. The maximum Gasteiger partial charge on any atom is 0.138 e. The summed E-state index contributed by atoms with van der Waals surface area (Å²) >= 11 is 3.43. The van der Waals surface area contributed by atoms with E-state index in [-0.39, 0.29) is 0 Å². The molecule has 4 nitrogen and oxygen atoms in total. The molecule has 3 aromatic rings. The average molecular weight is 327 g/mol. The lowest BCUT2D eigenvalue weighted by Crippen LogP contribution is -1.97. The summed E-state index contributed by atoms with van der Waals surface area (Å²) in [6, 6.07) is 9.69. The van der Waals surface area contributed by atoms with Gasteiger partial charge in [0.25, 0.3) is 0 Å². The number of anilines is 1. The fraction of sp³-hybridized carbons (Fsp3) is 0. The van der Waals surface area contributed by atoms with Crippen LogP contribution in [0.3, 0.4) is 0 Å². The first-order valence-electron chi connectivity index (χ1n) is 6.02. The van der Waals surface area contributed by atoms with Crippen LogP contribution in [-0.2, 0) is 0 Å². The van der Waals surface area contributed by atoms with Crippen LogP contribution in [0.1, 0.15) is 0 Å². The molecule has 0 saturated carbocycles. The monoisotopic (exact) mass is 326 g/mol. The summed E-state index contributed by atoms with van der Waals surface area (Å²) in [7, 11) is 0. The Balaban J connectivity index is 2.26. The Hall–Kier alpha value is -2.27. The van der Waals surface area contributed by atoms with Crippen LogP contribution >= 0.6 is 15.9 Å². The molecule has 0 aromatic carbocycles. The van der Waals surface area contributed by atoms with Gasteiger partial charge in [0.05, 0.1) is 10.2 Å². The fourth-order valence-electron chi connectivity index (χ4n) is 1.97. The van der Waals surface area contributed by atoms with Crippen LogP contribution in [0.5, 0.6) is 0 Å². The van der Waals surface area contributed by atoms with Crippen LogP contribution in [0.4, 0.5) is 5.82 Å². The standard InChI is InChI=1S/C15H11BrN4/c16-13-7-12(10-3-1-5-18-8-10)14(20-15(13)17)11-4-2-6-19-9-11/h1-9H,(H2,17,20). The Morgan fingerprint density at radius 1 is 0.950 bits per heavy atom. The number of rotatable bonds is 2. The highest BCUT2D eigenvalue weighted by molar-refractivity contribution is 9.10. The molecule has 0 bridgehead atoms. The molecular weight excluding hydrogens is 316 g/mol. The second kappa shape index (κ2) is 5.38. The van der Waals surface area contributed by atoms with Crippen LogP contribution in [-0.4, -0.2) is 15.0 Å². The first-order valence-corrected chi connectivity index (χ1v) is 6.82. The van der Waals surface area contributed by atoms with Gasteiger partial charge >= 0.3 is 0 Å². The Morgan fingerprint density at radius 3 is 2.20 bits per heavy atom. The van der Waals surface area contributed by atoms with E-state index in [1.165, 1.54) is 0 Å². The van der Waals surface area contributed by atoms with Gasteiger partial charge in [-0.3, -0.25) is 9.97 Å². The first kappa shape index (κ1) is 12.7. The minimum absolute atomic E-state index is 0.455. The molecule has 0 radical (unpaired) electrons. The van der Waals surface area contributed by atoms with Crippen molar-refractivity contribution in [2.24, 2.45) is 0 Å². The molecule has 2 N–H and O–H groups in total.